The number of carbonyl (C=O) groups is 2. The third-order valence-corrected chi connectivity index (χ3v) is 6.98. The van der Waals surface area contributed by atoms with E-state index in [0.717, 1.165) is 17.7 Å². The van der Waals surface area contributed by atoms with Gasteiger partial charge in [0.25, 0.3) is 11.5 Å². The Morgan fingerprint density at radius 3 is 2.33 bits per heavy atom. The summed E-state index contributed by atoms with van der Waals surface area (Å²) in [7, 11) is 0. The van der Waals surface area contributed by atoms with Crippen molar-refractivity contribution in [2.75, 3.05) is 5.75 Å². The molecule has 0 aliphatic carbocycles. The number of alkyl carbamates (subject to hydrolysis) is 1. The lowest BCUT2D eigenvalue weighted by molar-refractivity contribution is -0.274. The molecule has 212 valence electrons. The summed E-state index contributed by atoms with van der Waals surface area (Å²) in [5.74, 6) is -0.485. The number of carbonyl (C=O) groups excluding carboxylic acids is 2. The highest BCUT2D eigenvalue weighted by Crippen LogP contribution is 2.39. The quantitative estimate of drug-likeness (QED) is 0.392. The van der Waals surface area contributed by atoms with Gasteiger partial charge in [-0.15, -0.1) is 24.9 Å². The van der Waals surface area contributed by atoms with Crippen LogP contribution in [0.5, 0.6) is 5.75 Å². The summed E-state index contributed by atoms with van der Waals surface area (Å²) in [5.41, 5.74) is 0.714. The molecular formula is C28H28F3N3O5S. The van der Waals surface area contributed by atoms with Gasteiger partial charge in [0.15, 0.2) is 0 Å². The number of nitrogens with zero attached hydrogens (tertiary/aromatic N) is 1. The van der Waals surface area contributed by atoms with Gasteiger partial charge in [-0.3, -0.25) is 9.59 Å². The van der Waals surface area contributed by atoms with Crippen LogP contribution < -0.4 is 20.9 Å². The number of pyridine rings is 1. The molecule has 8 nitrogen and oxygen atoms in total. The smallest absolute Gasteiger partial charge is 0.444 e. The molecule has 1 aliphatic rings. The number of hydrogen-bond acceptors (Lipinski definition) is 6. The molecule has 0 bridgehead atoms. The van der Waals surface area contributed by atoms with E-state index < -0.39 is 41.3 Å². The van der Waals surface area contributed by atoms with E-state index in [2.05, 4.69) is 15.4 Å². The Labute approximate surface area is 232 Å². The van der Waals surface area contributed by atoms with Crippen molar-refractivity contribution in [3.05, 3.63) is 93.4 Å². The monoisotopic (exact) mass is 575 g/mol. The molecule has 0 spiro atoms. The Balaban J connectivity index is 1.65. The van der Waals surface area contributed by atoms with Crippen molar-refractivity contribution in [3.63, 3.8) is 0 Å². The molecule has 0 fully saturated rings. The number of halogens is 3. The van der Waals surface area contributed by atoms with Crippen LogP contribution in [0.4, 0.5) is 18.0 Å². The lowest BCUT2D eigenvalue weighted by atomic mass is 10.1. The zero-order valence-electron chi connectivity index (χ0n) is 22.0. The van der Waals surface area contributed by atoms with E-state index in [-0.39, 0.29) is 24.2 Å². The van der Waals surface area contributed by atoms with Crippen molar-refractivity contribution >= 4 is 23.8 Å². The summed E-state index contributed by atoms with van der Waals surface area (Å²) >= 11 is 1.28. The normalized spacial score (nSPS) is 14.8. The number of alkyl halides is 3. The molecule has 4 rings (SSSR count). The largest absolute Gasteiger partial charge is 0.573 e. The van der Waals surface area contributed by atoms with Gasteiger partial charge in [-0.25, -0.2) is 4.79 Å². The SMILES string of the molecule is CC(C)(C)OC(=O)N[C@H]1CSc2c(C(=O)NCc3ccccc3)cn(Cc3ccc(OC(F)(F)F)cc3)c(=O)c21. The maximum atomic E-state index is 13.6. The first kappa shape index (κ1) is 29.1. The molecule has 2 aromatic carbocycles. The Kier molecular flexibility index (Phi) is 8.48. The van der Waals surface area contributed by atoms with Gasteiger partial charge < -0.3 is 24.7 Å². The van der Waals surface area contributed by atoms with E-state index in [4.69, 9.17) is 4.74 Å². The minimum absolute atomic E-state index is 0.0266. The van der Waals surface area contributed by atoms with Crippen LogP contribution in [0.3, 0.4) is 0 Å². The molecule has 12 heteroatoms. The summed E-state index contributed by atoms with van der Waals surface area (Å²) in [6.45, 7) is 5.39. The lowest BCUT2D eigenvalue weighted by Crippen LogP contribution is -2.38. The number of aromatic nitrogens is 1. The zero-order chi connectivity index (χ0) is 29.1. The predicted octanol–water partition coefficient (Wildman–Crippen LogP) is 5.40. The van der Waals surface area contributed by atoms with Crippen molar-refractivity contribution in [2.45, 2.75) is 56.8 Å². The topological polar surface area (TPSA) is 98.7 Å². The minimum atomic E-state index is -4.83. The number of amides is 2. The molecule has 2 heterocycles. The van der Waals surface area contributed by atoms with Gasteiger partial charge in [-0.2, -0.15) is 0 Å². The fourth-order valence-electron chi connectivity index (χ4n) is 4.09. The second kappa shape index (κ2) is 11.7. The highest BCUT2D eigenvalue weighted by Gasteiger charge is 2.34. The van der Waals surface area contributed by atoms with E-state index in [1.165, 1.54) is 34.7 Å². The van der Waals surface area contributed by atoms with Crippen LogP contribution in [0.1, 0.15) is 53.9 Å². The van der Waals surface area contributed by atoms with Crippen LogP contribution in [0.25, 0.3) is 0 Å². The molecule has 0 saturated heterocycles. The Morgan fingerprint density at radius 1 is 1.02 bits per heavy atom. The van der Waals surface area contributed by atoms with Crippen LogP contribution in [-0.4, -0.2) is 34.3 Å². The van der Waals surface area contributed by atoms with Gasteiger partial charge in [0, 0.05) is 23.4 Å². The van der Waals surface area contributed by atoms with E-state index >= 15 is 0 Å². The second-order valence-corrected chi connectivity index (χ2v) is 11.1. The molecule has 0 saturated carbocycles. The molecule has 2 N–H and O–H groups in total. The maximum absolute atomic E-state index is 13.6. The van der Waals surface area contributed by atoms with Crippen LogP contribution in [-0.2, 0) is 17.8 Å². The van der Waals surface area contributed by atoms with E-state index in [1.807, 2.05) is 30.3 Å². The van der Waals surface area contributed by atoms with Crippen molar-refractivity contribution in [2.24, 2.45) is 0 Å². The van der Waals surface area contributed by atoms with E-state index in [1.54, 1.807) is 20.8 Å². The van der Waals surface area contributed by atoms with Crippen molar-refractivity contribution in [1.82, 2.24) is 15.2 Å². The standard InChI is InChI=1S/C28H28F3N3O5S/c1-27(2,3)39-26(37)33-21-16-40-23-20(24(35)32-13-17-7-5-4-6-8-17)15-34(25(36)22(21)23)14-18-9-11-19(12-10-18)38-28(29,30)31/h4-12,15,21H,13-14,16H2,1-3H3,(H,32,35)(H,33,37)/t21-/m0/s1. The molecule has 0 unspecified atom stereocenters. The number of hydrogen-bond donors (Lipinski definition) is 2. The van der Waals surface area contributed by atoms with Gasteiger partial charge in [0.1, 0.15) is 11.4 Å². The highest BCUT2D eigenvalue weighted by molar-refractivity contribution is 7.99. The van der Waals surface area contributed by atoms with Crippen LogP contribution in [0, 0.1) is 0 Å². The number of thioether (sulfide) groups is 1. The third-order valence-electron chi connectivity index (χ3n) is 5.75. The summed E-state index contributed by atoms with van der Waals surface area (Å²) in [4.78, 5) is 39.9. The van der Waals surface area contributed by atoms with Gasteiger partial charge >= 0.3 is 12.5 Å². The summed E-state index contributed by atoms with van der Waals surface area (Å²) < 4.78 is 48.2. The van der Waals surface area contributed by atoms with Crippen LogP contribution >= 0.6 is 11.8 Å². The first-order chi connectivity index (χ1) is 18.8. The average Bonchev–Trinajstić information content (AvgIpc) is 3.27. The molecule has 1 aromatic heterocycles. The maximum Gasteiger partial charge on any atom is 0.573 e. The van der Waals surface area contributed by atoms with Crippen molar-refractivity contribution in [3.8, 4) is 5.75 Å². The molecule has 1 atom stereocenters. The molecule has 0 radical (unpaired) electrons. The first-order valence-corrected chi connectivity index (χ1v) is 13.3. The fourth-order valence-corrected chi connectivity index (χ4v) is 5.36. The predicted molar refractivity (Wildman–Crippen MR) is 143 cm³/mol. The number of fused-ring (bicyclic) bond motifs is 1. The van der Waals surface area contributed by atoms with E-state index in [0.29, 0.717) is 16.2 Å². The highest BCUT2D eigenvalue weighted by atomic mass is 32.2. The Bertz CT molecular complexity index is 1440. The molecule has 40 heavy (non-hydrogen) atoms. The number of ether oxygens (including phenoxy) is 2. The molecule has 2 amide bonds. The van der Waals surface area contributed by atoms with Gasteiger partial charge in [-0.05, 0) is 44.0 Å². The Morgan fingerprint density at radius 2 is 1.70 bits per heavy atom. The van der Waals surface area contributed by atoms with Gasteiger partial charge in [-0.1, -0.05) is 42.5 Å². The molecular weight excluding hydrogens is 547 g/mol. The van der Waals surface area contributed by atoms with Crippen molar-refractivity contribution < 1.29 is 32.2 Å². The second-order valence-electron chi connectivity index (χ2n) is 10.1. The number of nitrogens with one attached hydrogen (secondary N) is 2. The van der Waals surface area contributed by atoms with Crippen LogP contribution in [0.15, 0.2) is 70.5 Å². The minimum Gasteiger partial charge on any atom is -0.444 e. The Hall–Kier alpha value is -3.93. The lowest BCUT2D eigenvalue weighted by Gasteiger charge is -2.22. The van der Waals surface area contributed by atoms with Crippen LogP contribution in [0.2, 0.25) is 0 Å². The zero-order valence-corrected chi connectivity index (χ0v) is 22.8. The number of rotatable bonds is 7. The number of benzene rings is 2. The van der Waals surface area contributed by atoms with Gasteiger partial charge in [0.2, 0.25) is 0 Å². The fraction of sp³-hybridized carbons (Fsp3) is 0.321. The van der Waals surface area contributed by atoms with Gasteiger partial charge in [0.05, 0.1) is 23.7 Å². The summed E-state index contributed by atoms with van der Waals surface area (Å²) in [6, 6.07) is 13.7. The summed E-state index contributed by atoms with van der Waals surface area (Å²) in [5, 5.41) is 5.60. The third kappa shape index (κ3) is 7.59. The average molecular weight is 576 g/mol. The van der Waals surface area contributed by atoms with E-state index in [9.17, 15) is 27.6 Å². The molecule has 1 aliphatic heterocycles. The van der Waals surface area contributed by atoms with Crippen molar-refractivity contribution in [1.29, 1.82) is 0 Å². The molecule has 3 aromatic rings. The first-order valence-electron chi connectivity index (χ1n) is 12.4. The summed E-state index contributed by atoms with van der Waals surface area (Å²) in [6.07, 6.45) is -4.09.